The Morgan fingerprint density at radius 2 is 1.85 bits per heavy atom. The minimum Gasteiger partial charge on any atom is -0.349 e. The zero-order valence-corrected chi connectivity index (χ0v) is 17.3. The van der Waals surface area contributed by atoms with Gasteiger partial charge in [0.15, 0.2) is 5.16 Å². The van der Waals surface area contributed by atoms with Crippen LogP contribution in [-0.2, 0) is 4.79 Å². The minimum absolute atomic E-state index is 0.0342. The van der Waals surface area contributed by atoms with E-state index in [2.05, 4.69) is 16.8 Å². The van der Waals surface area contributed by atoms with Crippen molar-refractivity contribution in [2.24, 2.45) is 0 Å². The normalized spacial score (nSPS) is 17.1. The van der Waals surface area contributed by atoms with Gasteiger partial charge in [0.2, 0.25) is 5.91 Å². The van der Waals surface area contributed by atoms with Crippen LogP contribution in [0.1, 0.15) is 68.6 Å². The highest BCUT2D eigenvalue weighted by molar-refractivity contribution is 8.00. The summed E-state index contributed by atoms with van der Waals surface area (Å²) >= 11 is 1.52. The molecule has 1 aliphatic carbocycles. The molecule has 1 aromatic heterocycles. The van der Waals surface area contributed by atoms with Crippen molar-refractivity contribution in [2.45, 2.75) is 75.9 Å². The lowest BCUT2D eigenvalue weighted by atomic mass is 10.1. The zero-order chi connectivity index (χ0) is 19.6. The van der Waals surface area contributed by atoms with E-state index in [0.29, 0.717) is 6.04 Å². The number of carbonyl (C=O) groups is 1. The Bertz CT molecular complexity index is 797. The molecule has 0 spiro atoms. The van der Waals surface area contributed by atoms with Crippen LogP contribution in [0, 0.1) is 19.7 Å². The number of hydrogen-bond acceptors (Lipinski definition) is 3. The van der Waals surface area contributed by atoms with E-state index in [1.54, 1.807) is 12.1 Å². The van der Waals surface area contributed by atoms with Gasteiger partial charge in [-0.15, -0.1) is 0 Å². The molecule has 1 amide bonds. The number of aromatic nitrogens is 2. The number of aryl methyl sites for hydroxylation is 1. The molecule has 1 aromatic carbocycles. The van der Waals surface area contributed by atoms with Crippen molar-refractivity contribution in [2.75, 3.05) is 0 Å². The summed E-state index contributed by atoms with van der Waals surface area (Å²) in [4.78, 5) is 17.4. The molecule has 1 fully saturated rings. The van der Waals surface area contributed by atoms with Gasteiger partial charge in [-0.3, -0.25) is 4.79 Å². The second kappa shape index (κ2) is 8.46. The summed E-state index contributed by atoms with van der Waals surface area (Å²) in [6.45, 7) is 7.98. The monoisotopic (exact) mass is 389 g/mol. The lowest BCUT2D eigenvalue weighted by Gasteiger charge is -2.20. The van der Waals surface area contributed by atoms with E-state index >= 15 is 0 Å². The van der Waals surface area contributed by atoms with Crippen molar-refractivity contribution in [3.05, 3.63) is 47.0 Å². The molecule has 0 aliphatic heterocycles. The van der Waals surface area contributed by atoms with Gasteiger partial charge in [0.05, 0.1) is 17.0 Å². The molecule has 2 aromatic rings. The number of hydrogen-bond donors (Lipinski definition) is 1. The standard InChI is InChI=1S/C21H28FN3OS/c1-13-15(3)25(19-7-5-6-8-19)21(24-13)27-16(4)20(26)23-14(2)17-9-11-18(22)12-10-17/h9-12,14,16,19H,5-8H2,1-4H3,(H,23,26)/t14-,16+/m1/s1. The van der Waals surface area contributed by atoms with Gasteiger partial charge in [-0.2, -0.15) is 0 Å². The summed E-state index contributed by atoms with van der Waals surface area (Å²) in [5.74, 6) is -0.307. The Morgan fingerprint density at radius 1 is 1.22 bits per heavy atom. The predicted molar refractivity (Wildman–Crippen MR) is 107 cm³/mol. The second-order valence-electron chi connectivity index (χ2n) is 7.42. The van der Waals surface area contributed by atoms with E-state index < -0.39 is 0 Å². The molecule has 1 saturated carbocycles. The Kier molecular flexibility index (Phi) is 6.25. The summed E-state index contributed by atoms with van der Waals surface area (Å²) in [5, 5.41) is 3.71. The van der Waals surface area contributed by atoms with Crippen molar-refractivity contribution in [1.82, 2.24) is 14.9 Å². The average molecular weight is 390 g/mol. The van der Waals surface area contributed by atoms with Gasteiger partial charge in [0, 0.05) is 11.7 Å². The summed E-state index contributed by atoms with van der Waals surface area (Å²) in [6.07, 6.45) is 4.89. The predicted octanol–water partition coefficient (Wildman–Crippen LogP) is 5.11. The van der Waals surface area contributed by atoms with E-state index in [1.807, 2.05) is 20.8 Å². The van der Waals surface area contributed by atoms with Gasteiger partial charge >= 0.3 is 0 Å². The molecular weight excluding hydrogens is 361 g/mol. The topological polar surface area (TPSA) is 46.9 Å². The molecule has 27 heavy (non-hydrogen) atoms. The number of nitrogens with one attached hydrogen (secondary N) is 1. The van der Waals surface area contributed by atoms with Crippen LogP contribution in [0.3, 0.4) is 0 Å². The van der Waals surface area contributed by atoms with Crippen molar-refractivity contribution >= 4 is 17.7 Å². The molecule has 1 N–H and O–H groups in total. The van der Waals surface area contributed by atoms with Crippen LogP contribution >= 0.6 is 11.8 Å². The lowest BCUT2D eigenvalue weighted by Crippen LogP contribution is -2.33. The number of carbonyl (C=O) groups excluding carboxylic acids is 1. The smallest absolute Gasteiger partial charge is 0.233 e. The van der Waals surface area contributed by atoms with Crippen LogP contribution < -0.4 is 5.32 Å². The van der Waals surface area contributed by atoms with Crippen molar-refractivity contribution in [3.8, 4) is 0 Å². The average Bonchev–Trinajstić information content (AvgIpc) is 3.24. The fraction of sp³-hybridized carbons (Fsp3) is 0.524. The Hall–Kier alpha value is -1.82. The summed E-state index contributed by atoms with van der Waals surface area (Å²) in [7, 11) is 0. The molecule has 6 heteroatoms. The molecule has 0 bridgehead atoms. The zero-order valence-electron chi connectivity index (χ0n) is 16.5. The summed E-state index contributed by atoms with van der Waals surface area (Å²) < 4.78 is 15.4. The molecule has 146 valence electrons. The number of halogens is 1. The maximum absolute atomic E-state index is 13.1. The maximum Gasteiger partial charge on any atom is 0.233 e. The molecule has 3 rings (SSSR count). The lowest BCUT2D eigenvalue weighted by molar-refractivity contribution is -0.120. The van der Waals surface area contributed by atoms with Crippen LogP contribution in [0.2, 0.25) is 0 Å². The third kappa shape index (κ3) is 4.54. The molecule has 0 unspecified atom stereocenters. The number of benzene rings is 1. The first-order valence-electron chi connectivity index (χ1n) is 9.64. The van der Waals surface area contributed by atoms with Gasteiger partial charge in [-0.05, 0) is 58.2 Å². The number of thioether (sulfide) groups is 1. The van der Waals surface area contributed by atoms with Crippen LogP contribution in [-0.4, -0.2) is 20.7 Å². The van der Waals surface area contributed by atoms with Crippen molar-refractivity contribution in [3.63, 3.8) is 0 Å². The number of nitrogens with zero attached hydrogens (tertiary/aromatic N) is 2. The first-order valence-corrected chi connectivity index (χ1v) is 10.5. The van der Waals surface area contributed by atoms with Crippen LogP contribution in [0.4, 0.5) is 4.39 Å². The first-order chi connectivity index (χ1) is 12.9. The second-order valence-corrected chi connectivity index (χ2v) is 8.72. The fourth-order valence-electron chi connectivity index (χ4n) is 3.65. The third-order valence-electron chi connectivity index (χ3n) is 5.42. The summed E-state index contributed by atoms with van der Waals surface area (Å²) in [6, 6.07) is 6.58. The van der Waals surface area contributed by atoms with E-state index in [4.69, 9.17) is 4.98 Å². The molecule has 1 aliphatic rings. The largest absolute Gasteiger partial charge is 0.349 e. The minimum atomic E-state index is -0.273. The van der Waals surface area contributed by atoms with Gasteiger partial charge < -0.3 is 9.88 Å². The highest BCUT2D eigenvalue weighted by Crippen LogP contribution is 2.36. The third-order valence-corrected chi connectivity index (χ3v) is 6.49. The number of imidazole rings is 1. The molecule has 1 heterocycles. The van der Waals surface area contributed by atoms with Gasteiger partial charge in [0.25, 0.3) is 0 Å². The van der Waals surface area contributed by atoms with Crippen molar-refractivity contribution in [1.29, 1.82) is 0 Å². The molecule has 0 saturated heterocycles. The van der Waals surface area contributed by atoms with E-state index in [9.17, 15) is 9.18 Å². The molecule has 2 atom stereocenters. The Morgan fingerprint density at radius 3 is 2.48 bits per heavy atom. The first kappa shape index (κ1) is 19.9. The summed E-state index contributed by atoms with van der Waals surface area (Å²) in [5.41, 5.74) is 3.13. The van der Waals surface area contributed by atoms with Crippen LogP contribution in [0.5, 0.6) is 0 Å². The number of rotatable bonds is 6. The van der Waals surface area contributed by atoms with Crippen LogP contribution in [0.25, 0.3) is 0 Å². The maximum atomic E-state index is 13.1. The molecular formula is C21H28FN3OS. The fourth-order valence-corrected chi connectivity index (χ4v) is 4.73. The number of amides is 1. The van der Waals surface area contributed by atoms with Gasteiger partial charge in [0.1, 0.15) is 5.82 Å². The molecule has 0 radical (unpaired) electrons. The quantitative estimate of drug-likeness (QED) is 0.698. The van der Waals surface area contributed by atoms with E-state index in [-0.39, 0.29) is 23.0 Å². The van der Waals surface area contributed by atoms with Crippen LogP contribution in [0.15, 0.2) is 29.4 Å². The van der Waals surface area contributed by atoms with Gasteiger partial charge in [-0.25, -0.2) is 9.37 Å². The van der Waals surface area contributed by atoms with Gasteiger partial charge in [-0.1, -0.05) is 36.7 Å². The SMILES string of the molecule is Cc1nc(S[C@@H](C)C(=O)N[C@H](C)c2ccc(F)cc2)n(C2CCCC2)c1C. The molecule has 4 nitrogen and oxygen atoms in total. The Labute approximate surface area is 165 Å². The highest BCUT2D eigenvalue weighted by atomic mass is 32.2. The van der Waals surface area contributed by atoms with E-state index in [1.165, 1.54) is 55.3 Å². The van der Waals surface area contributed by atoms with Crippen molar-refractivity contribution < 1.29 is 9.18 Å². The Balaban J connectivity index is 1.68. The highest BCUT2D eigenvalue weighted by Gasteiger charge is 2.26. The van der Waals surface area contributed by atoms with E-state index in [0.717, 1.165) is 16.4 Å².